The predicted molar refractivity (Wildman–Crippen MR) is 44.4 cm³/mol. The van der Waals surface area contributed by atoms with Crippen molar-refractivity contribution in [2.75, 3.05) is 0 Å². The van der Waals surface area contributed by atoms with Gasteiger partial charge in [-0.15, -0.1) is 6.58 Å². The second-order valence-corrected chi connectivity index (χ2v) is 3.00. The summed E-state index contributed by atoms with van der Waals surface area (Å²) in [7, 11) is 0. The van der Waals surface area contributed by atoms with Crippen LogP contribution in [-0.2, 0) is 4.74 Å². The zero-order valence-electron chi connectivity index (χ0n) is 6.99. The molecule has 0 radical (unpaired) electrons. The highest BCUT2D eigenvalue weighted by Crippen LogP contribution is 2.23. The van der Waals surface area contributed by atoms with Crippen molar-refractivity contribution < 1.29 is 9.84 Å². The van der Waals surface area contributed by atoms with E-state index in [0.717, 1.165) is 19.3 Å². The van der Waals surface area contributed by atoms with Crippen LogP contribution < -0.4 is 0 Å². The molecule has 2 heteroatoms. The maximum atomic E-state index is 9.41. The van der Waals surface area contributed by atoms with Gasteiger partial charge in [0, 0.05) is 0 Å². The Hall–Kier alpha value is -0.340. The van der Waals surface area contributed by atoms with Crippen LogP contribution in [0.25, 0.3) is 0 Å². The highest BCUT2D eigenvalue weighted by Gasteiger charge is 2.27. The third-order valence-electron chi connectivity index (χ3n) is 2.20. The van der Waals surface area contributed by atoms with Crippen LogP contribution in [0.3, 0.4) is 0 Å². The largest absolute Gasteiger partial charge is 0.390 e. The van der Waals surface area contributed by atoms with Crippen LogP contribution in [0.2, 0.25) is 0 Å². The van der Waals surface area contributed by atoms with Gasteiger partial charge in [-0.25, -0.2) is 0 Å². The fraction of sp³-hybridized carbons (Fsp3) is 0.778. The van der Waals surface area contributed by atoms with E-state index in [1.165, 1.54) is 0 Å². The first-order valence-corrected chi connectivity index (χ1v) is 4.24. The molecule has 1 aliphatic heterocycles. The quantitative estimate of drug-likeness (QED) is 0.627. The average Bonchev–Trinajstić information content (AvgIpc) is 2.50. The molecule has 2 nitrogen and oxygen atoms in total. The number of ether oxygens (including phenoxy) is 1. The van der Waals surface area contributed by atoms with Crippen LogP contribution in [0.5, 0.6) is 0 Å². The molecule has 3 atom stereocenters. The second-order valence-electron chi connectivity index (χ2n) is 3.00. The average molecular weight is 156 g/mol. The van der Waals surface area contributed by atoms with Gasteiger partial charge in [-0.3, -0.25) is 0 Å². The van der Waals surface area contributed by atoms with Crippen molar-refractivity contribution in [3.8, 4) is 0 Å². The lowest BCUT2D eigenvalue weighted by Gasteiger charge is -2.16. The number of aliphatic hydroxyl groups is 1. The maximum Gasteiger partial charge on any atom is 0.0842 e. The minimum atomic E-state index is -0.292. The lowest BCUT2D eigenvalue weighted by molar-refractivity contribution is -0.0216. The molecule has 1 saturated heterocycles. The summed E-state index contributed by atoms with van der Waals surface area (Å²) in [6.45, 7) is 5.62. The highest BCUT2D eigenvalue weighted by atomic mass is 16.5. The Morgan fingerprint density at radius 1 is 1.73 bits per heavy atom. The molecule has 11 heavy (non-hydrogen) atoms. The molecule has 0 aromatic rings. The summed E-state index contributed by atoms with van der Waals surface area (Å²) in [5, 5.41) is 9.41. The van der Waals surface area contributed by atoms with Gasteiger partial charge in [-0.1, -0.05) is 13.0 Å². The zero-order chi connectivity index (χ0) is 8.27. The second kappa shape index (κ2) is 3.88. The van der Waals surface area contributed by atoms with Gasteiger partial charge in [0.25, 0.3) is 0 Å². The van der Waals surface area contributed by atoms with Crippen LogP contribution in [0.1, 0.15) is 26.2 Å². The topological polar surface area (TPSA) is 29.5 Å². The molecule has 0 bridgehead atoms. The molecule has 1 heterocycles. The molecule has 1 N–H and O–H groups in total. The number of hydrogen-bond donors (Lipinski definition) is 1. The molecule has 0 aliphatic carbocycles. The number of rotatable bonds is 3. The van der Waals surface area contributed by atoms with E-state index in [9.17, 15) is 5.11 Å². The van der Waals surface area contributed by atoms with Crippen molar-refractivity contribution >= 4 is 0 Å². The fourth-order valence-electron chi connectivity index (χ4n) is 1.41. The Bertz CT molecular complexity index is 134. The van der Waals surface area contributed by atoms with E-state index in [1.807, 2.05) is 13.0 Å². The van der Waals surface area contributed by atoms with Crippen LogP contribution in [0, 0.1) is 0 Å². The standard InChI is InChI=1S/C9H16O2/c1-3-7-5-6-9(11-7)8(10)4-2/h3,7-10H,1,4-6H2,2H3. The molecule has 0 aromatic carbocycles. The smallest absolute Gasteiger partial charge is 0.0842 e. The van der Waals surface area contributed by atoms with Crippen molar-refractivity contribution in [3.63, 3.8) is 0 Å². The van der Waals surface area contributed by atoms with E-state index in [2.05, 4.69) is 6.58 Å². The van der Waals surface area contributed by atoms with Gasteiger partial charge in [0.2, 0.25) is 0 Å². The number of hydrogen-bond acceptors (Lipinski definition) is 2. The molecule has 3 unspecified atom stereocenters. The predicted octanol–water partition coefficient (Wildman–Crippen LogP) is 1.49. The van der Waals surface area contributed by atoms with Crippen molar-refractivity contribution in [1.29, 1.82) is 0 Å². The summed E-state index contributed by atoms with van der Waals surface area (Å²) in [6, 6.07) is 0. The monoisotopic (exact) mass is 156 g/mol. The van der Waals surface area contributed by atoms with Gasteiger partial charge in [0.05, 0.1) is 18.3 Å². The molecular formula is C9H16O2. The van der Waals surface area contributed by atoms with Gasteiger partial charge in [0.1, 0.15) is 0 Å². The summed E-state index contributed by atoms with van der Waals surface area (Å²) in [4.78, 5) is 0. The van der Waals surface area contributed by atoms with Crippen molar-refractivity contribution in [2.24, 2.45) is 0 Å². The summed E-state index contributed by atoms with van der Waals surface area (Å²) in [5.74, 6) is 0. The van der Waals surface area contributed by atoms with Gasteiger partial charge in [-0.2, -0.15) is 0 Å². The molecule has 0 aromatic heterocycles. The summed E-state index contributed by atoms with van der Waals surface area (Å²) >= 11 is 0. The van der Waals surface area contributed by atoms with Crippen LogP contribution >= 0.6 is 0 Å². The molecule has 1 fully saturated rings. The lowest BCUT2D eigenvalue weighted by atomic mass is 10.1. The summed E-state index contributed by atoms with van der Waals surface area (Å²) < 4.78 is 5.50. The van der Waals surface area contributed by atoms with Crippen molar-refractivity contribution in [3.05, 3.63) is 12.7 Å². The Labute approximate surface area is 67.9 Å². The SMILES string of the molecule is C=CC1CCC(C(O)CC)O1. The van der Waals surface area contributed by atoms with E-state index in [1.54, 1.807) is 0 Å². The van der Waals surface area contributed by atoms with Gasteiger partial charge in [-0.05, 0) is 19.3 Å². The van der Waals surface area contributed by atoms with Crippen molar-refractivity contribution in [1.82, 2.24) is 0 Å². The zero-order valence-corrected chi connectivity index (χ0v) is 6.99. The fourth-order valence-corrected chi connectivity index (χ4v) is 1.41. The van der Waals surface area contributed by atoms with E-state index in [0.29, 0.717) is 0 Å². The summed E-state index contributed by atoms with van der Waals surface area (Å²) in [6.07, 6.45) is 4.47. The van der Waals surface area contributed by atoms with Gasteiger partial charge < -0.3 is 9.84 Å². The highest BCUT2D eigenvalue weighted by molar-refractivity contribution is 4.88. The Morgan fingerprint density at radius 2 is 2.45 bits per heavy atom. The van der Waals surface area contributed by atoms with Crippen molar-refractivity contribution in [2.45, 2.75) is 44.5 Å². The molecule has 1 aliphatic rings. The number of aliphatic hydroxyl groups excluding tert-OH is 1. The first kappa shape index (κ1) is 8.75. The lowest BCUT2D eigenvalue weighted by Crippen LogP contribution is -2.25. The molecule has 0 amide bonds. The van der Waals surface area contributed by atoms with E-state index >= 15 is 0 Å². The third kappa shape index (κ3) is 2.04. The molecule has 0 spiro atoms. The van der Waals surface area contributed by atoms with Gasteiger partial charge >= 0.3 is 0 Å². The maximum absolute atomic E-state index is 9.41. The minimum absolute atomic E-state index is 0.0444. The normalized spacial score (nSPS) is 33.6. The molecule has 64 valence electrons. The first-order chi connectivity index (χ1) is 5.27. The first-order valence-electron chi connectivity index (χ1n) is 4.24. The van der Waals surface area contributed by atoms with E-state index < -0.39 is 0 Å². The molecule has 0 saturated carbocycles. The third-order valence-corrected chi connectivity index (χ3v) is 2.20. The van der Waals surface area contributed by atoms with E-state index in [-0.39, 0.29) is 18.3 Å². The van der Waals surface area contributed by atoms with Crippen LogP contribution in [0.4, 0.5) is 0 Å². The van der Waals surface area contributed by atoms with Crippen LogP contribution in [0.15, 0.2) is 12.7 Å². The molecule has 1 rings (SSSR count). The Morgan fingerprint density at radius 3 is 2.91 bits per heavy atom. The van der Waals surface area contributed by atoms with Crippen LogP contribution in [-0.4, -0.2) is 23.4 Å². The Kier molecular flexibility index (Phi) is 3.09. The Balaban J connectivity index is 2.34. The van der Waals surface area contributed by atoms with E-state index in [4.69, 9.17) is 4.74 Å². The summed E-state index contributed by atoms with van der Waals surface area (Å²) in [5.41, 5.74) is 0. The molecular weight excluding hydrogens is 140 g/mol. The van der Waals surface area contributed by atoms with Gasteiger partial charge in [0.15, 0.2) is 0 Å². The minimum Gasteiger partial charge on any atom is -0.390 e.